The Bertz CT molecular complexity index is 1580. The largest absolute Gasteiger partial charge is 0.497 e. The fourth-order valence-electron chi connectivity index (χ4n) is 4.45. The fourth-order valence-corrected chi connectivity index (χ4v) is 4.57. The Hall–Kier alpha value is -4.03. The molecule has 0 atom stereocenters. The molecule has 0 unspecified atom stereocenters. The van der Waals surface area contributed by atoms with Crippen molar-refractivity contribution < 1.29 is 9.53 Å². The Kier molecular flexibility index (Phi) is 6.05. The zero-order valence-corrected chi connectivity index (χ0v) is 20.2. The molecule has 0 spiro atoms. The molecular weight excluding hydrogens is 462 g/mol. The second-order valence-electron chi connectivity index (χ2n) is 8.46. The standard InChI is InChI=1S/C28H24ClN3O3/c1-18-24(14-22-15-27(33)31(30-22)17-19-6-4-3-5-7-19)25-16-23(35-2)12-13-26(25)32(18)28(34)20-8-10-21(29)11-9-20/h3-13,15-16,30H,14,17H2,1-2H3. The van der Waals surface area contributed by atoms with Crippen LogP contribution < -0.4 is 10.3 Å². The molecule has 0 saturated heterocycles. The van der Waals surface area contributed by atoms with Crippen LogP contribution in [-0.2, 0) is 13.0 Å². The van der Waals surface area contributed by atoms with E-state index in [0.29, 0.717) is 29.3 Å². The van der Waals surface area contributed by atoms with Gasteiger partial charge in [-0.15, -0.1) is 0 Å². The Balaban J connectivity index is 1.57. The number of nitrogens with one attached hydrogen (secondary N) is 1. The highest BCUT2D eigenvalue weighted by molar-refractivity contribution is 6.30. The lowest BCUT2D eigenvalue weighted by Gasteiger charge is -2.08. The first-order valence-corrected chi connectivity index (χ1v) is 11.6. The lowest BCUT2D eigenvalue weighted by molar-refractivity contribution is 0.0963. The fraction of sp³-hybridized carbons (Fsp3) is 0.143. The van der Waals surface area contributed by atoms with Crippen LogP contribution in [0.1, 0.15) is 32.9 Å². The van der Waals surface area contributed by atoms with Crippen molar-refractivity contribution in [3.8, 4) is 5.75 Å². The molecular formula is C28H24ClN3O3. The smallest absolute Gasteiger partial charge is 0.267 e. The van der Waals surface area contributed by atoms with E-state index in [1.54, 1.807) is 46.7 Å². The molecule has 0 aliphatic heterocycles. The molecule has 176 valence electrons. The lowest BCUT2D eigenvalue weighted by Crippen LogP contribution is -2.16. The van der Waals surface area contributed by atoms with Gasteiger partial charge in [0.15, 0.2) is 0 Å². The molecule has 2 heterocycles. The minimum absolute atomic E-state index is 0.0972. The van der Waals surface area contributed by atoms with Crippen LogP contribution in [0.4, 0.5) is 0 Å². The van der Waals surface area contributed by atoms with Gasteiger partial charge in [-0.05, 0) is 60.5 Å². The molecule has 35 heavy (non-hydrogen) atoms. The maximum atomic E-state index is 13.5. The number of halogens is 1. The molecule has 1 N–H and O–H groups in total. The van der Waals surface area contributed by atoms with Crippen LogP contribution in [0.3, 0.4) is 0 Å². The van der Waals surface area contributed by atoms with Crippen molar-refractivity contribution in [2.24, 2.45) is 0 Å². The summed E-state index contributed by atoms with van der Waals surface area (Å²) in [6.45, 7) is 2.39. The van der Waals surface area contributed by atoms with Crippen LogP contribution in [0.25, 0.3) is 10.9 Å². The third-order valence-electron chi connectivity index (χ3n) is 6.23. The summed E-state index contributed by atoms with van der Waals surface area (Å²) in [5, 5.41) is 4.72. The van der Waals surface area contributed by atoms with E-state index >= 15 is 0 Å². The first kappa shape index (κ1) is 22.7. The van der Waals surface area contributed by atoms with Gasteiger partial charge in [0.05, 0.1) is 19.2 Å². The minimum Gasteiger partial charge on any atom is -0.497 e. The van der Waals surface area contributed by atoms with E-state index in [9.17, 15) is 9.59 Å². The van der Waals surface area contributed by atoms with Crippen LogP contribution in [0.5, 0.6) is 5.75 Å². The highest BCUT2D eigenvalue weighted by Gasteiger charge is 2.21. The topological polar surface area (TPSA) is 69.0 Å². The minimum atomic E-state index is -0.143. The number of ether oxygens (including phenoxy) is 1. The number of rotatable bonds is 6. The normalized spacial score (nSPS) is 11.2. The Morgan fingerprint density at radius 3 is 2.46 bits per heavy atom. The van der Waals surface area contributed by atoms with Gasteiger partial charge in [-0.1, -0.05) is 41.9 Å². The van der Waals surface area contributed by atoms with Gasteiger partial charge in [0, 0.05) is 39.8 Å². The van der Waals surface area contributed by atoms with Gasteiger partial charge in [-0.2, -0.15) is 0 Å². The monoisotopic (exact) mass is 485 g/mol. The third kappa shape index (κ3) is 4.40. The number of nitrogens with zero attached hydrogens (tertiary/aromatic N) is 2. The molecule has 6 nitrogen and oxygen atoms in total. The van der Waals surface area contributed by atoms with Crippen molar-refractivity contribution in [3.05, 3.63) is 122 Å². The molecule has 0 saturated carbocycles. The van der Waals surface area contributed by atoms with E-state index in [1.807, 2.05) is 55.5 Å². The number of carbonyl (C=O) groups excluding carboxylic acids is 1. The van der Waals surface area contributed by atoms with Crippen LogP contribution in [0.2, 0.25) is 5.02 Å². The number of aromatic amines is 1. The summed E-state index contributed by atoms with van der Waals surface area (Å²) < 4.78 is 8.76. The summed E-state index contributed by atoms with van der Waals surface area (Å²) in [7, 11) is 1.62. The predicted molar refractivity (Wildman–Crippen MR) is 138 cm³/mol. The van der Waals surface area contributed by atoms with Crippen LogP contribution in [0.15, 0.2) is 83.7 Å². The Morgan fingerprint density at radius 1 is 1.00 bits per heavy atom. The molecule has 5 aromatic rings. The maximum absolute atomic E-state index is 13.5. The molecule has 3 aromatic carbocycles. The molecule has 2 aromatic heterocycles. The number of fused-ring (bicyclic) bond motifs is 1. The maximum Gasteiger partial charge on any atom is 0.267 e. The lowest BCUT2D eigenvalue weighted by atomic mass is 10.1. The number of benzene rings is 3. The van der Waals surface area contributed by atoms with Crippen molar-refractivity contribution in [1.82, 2.24) is 14.3 Å². The number of carbonyl (C=O) groups is 1. The number of methoxy groups -OCH3 is 1. The molecule has 7 heteroatoms. The van der Waals surface area contributed by atoms with E-state index in [-0.39, 0.29) is 11.5 Å². The van der Waals surface area contributed by atoms with Gasteiger partial charge in [-0.25, -0.2) is 4.68 Å². The van der Waals surface area contributed by atoms with Crippen LogP contribution in [-0.4, -0.2) is 27.4 Å². The Morgan fingerprint density at radius 2 is 1.74 bits per heavy atom. The van der Waals surface area contributed by atoms with E-state index in [2.05, 4.69) is 5.10 Å². The van der Waals surface area contributed by atoms with Crippen molar-refractivity contribution in [1.29, 1.82) is 0 Å². The second-order valence-corrected chi connectivity index (χ2v) is 8.90. The molecule has 0 amide bonds. The second kappa shape index (κ2) is 9.31. The molecule has 0 radical (unpaired) electrons. The van der Waals surface area contributed by atoms with E-state index < -0.39 is 0 Å². The predicted octanol–water partition coefficient (Wildman–Crippen LogP) is 5.43. The summed E-state index contributed by atoms with van der Waals surface area (Å²) in [4.78, 5) is 26.2. The first-order chi connectivity index (χ1) is 16.9. The number of hydrogen-bond donors (Lipinski definition) is 1. The summed E-state index contributed by atoms with van der Waals surface area (Å²) >= 11 is 6.02. The van der Waals surface area contributed by atoms with Crippen molar-refractivity contribution >= 4 is 28.4 Å². The average molecular weight is 486 g/mol. The highest BCUT2D eigenvalue weighted by Crippen LogP contribution is 2.31. The van der Waals surface area contributed by atoms with Crippen molar-refractivity contribution in [2.45, 2.75) is 19.9 Å². The zero-order valence-electron chi connectivity index (χ0n) is 19.4. The molecule has 0 fully saturated rings. The molecule has 5 rings (SSSR count). The zero-order chi connectivity index (χ0) is 24.5. The van der Waals surface area contributed by atoms with E-state index in [0.717, 1.165) is 33.4 Å². The van der Waals surface area contributed by atoms with Gasteiger partial charge in [0.25, 0.3) is 11.5 Å². The van der Waals surface area contributed by atoms with Gasteiger partial charge >= 0.3 is 0 Å². The third-order valence-corrected chi connectivity index (χ3v) is 6.48. The number of aromatic nitrogens is 3. The van der Waals surface area contributed by atoms with Crippen molar-refractivity contribution in [2.75, 3.05) is 7.11 Å². The van der Waals surface area contributed by atoms with Crippen LogP contribution >= 0.6 is 11.6 Å². The summed E-state index contributed by atoms with van der Waals surface area (Å²) in [6, 6.07) is 24.0. The number of hydrogen-bond acceptors (Lipinski definition) is 3. The molecule has 0 aliphatic rings. The summed E-state index contributed by atoms with van der Waals surface area (Å²) in [6.07, 6.45) is 0.466. The average Bonchev–Trinajstić information content (AvgIpc) is 3.35. The number of H-pyrrole nitrogens is 1. The van der Waals surface area contributed by atoms with Gasteiger partial charge < -0.3 is 4.74 Å². The molecule has 0 aliphatic carbocycles. The first-order valence-electron chi connectivity index (χ1n) is 11.3. The Labute approximate surface area is 207 Å². The quantitative estimate of drug-likeness (QED) is 0.348. The summed E-state index contributed by atoms with van der Waals surface area (Å²) in [5.41, 5.74) is 4.80. The van der Waals surface area contributed by atoms with Crippen molar-refractivity contribution in [3.63, 3.8) is 0 Å². The highest BCUT2D eigenvalue weighted by atomic mass is 35.5. The summed E-state index contributed by atoms with van der Waals surface area (Å²) in [5.74, 6) is 0.556. The van der Waals surface area contributed by atoms with Crippen LogP contribution in [0, 0.1) is 6.92 Å². The van der Waals surface area contributed by atoms with E-state index in [4.69, 9.17) is 16.3 Å². The van der Waals surface area contributed by atoms with Gasteiger partial charge in [-0.3, -0.25) is 19.3 Å². The van der Waals surface area contributed by atoms with Gasteiger partial charge in [0.2, 0.25) is 0 Å². The molecule has 0 bridgehead atoms. The van der Waals surface area contributed by atoms with E-state index in [1.165, 1.54) is 0 Å². The SMILES string of the molecule is COc1ccc2c(c1)c(Cc1cc(=O)n(Cc3ccccc3)[nH]1)c(C)n2C(=O)c1ccc(Cl)cc1. The van der Waals surface area contributed by atoms with Gasteiger partial charge in [0.1, 0.15) is 5.75 Å².